The van der Waals surface area contributed by atoms with Gasteiger partial charge in [-0.05, 0) is 45.8 Å². The Morgan fingerprint density at radius 3 is 2.29 bits per heavy atom. The zero-order valence-electron chi connectivity index (χ0n) is 12.5. The molecule has 2 rings (SSSR count). The van der Waals surface area contributed by atoms with Crippen LogP contribution in [0.25, 0.3) is 0 Å². The fourth-order valence-corrected chi connectivity index (χ4v) is 3.27. The van der Waals surface area contributed by atoms with Gasteiger partial charge in [0.15, 0.2) is 0 Å². The van der Waals surface area contributed by atoms with Crippen LogP contribution in [0.15, 0.2) is 0 Å². The molecule has 7 heteroatoms. The molecule has 0 radical (unpaired) electrons. The van der Waals surface area contributed by atoms with Gasteiger partial charge in [0, 0.05) is 25.0 Å². The quantitative estimate of drug-likeness (QED) is 0.858. The Kier molecular flexibility index (Phi) is 5.48. The summed E-state index contributed by atoms with van der Waals surface area (Å²) >= 11 is 0. The Balaban J connectivity index is 1.78. The lowest BCUT2D eigenvalue weighted by Crippen LogP contribution is -2.49. The maximum absolute atomic E-state index is 12.4. The largest absolute Gasteiger partial charge is 0.401 e. The number of nitrogens with zero attached hydrogens (tertiary/aromatic N) is 2. The van der Waals surface area contributed by atoms with Crippen molar-refractivity contribution in [3.8, 4) is 0 Å². The third kappa shape index (κ3) is 4.85. The third-order valence-corrected chi connectivity index (χ3v) is 4.52. The van der Waals surface area contributed by atoms with Crippen molar-refractivity contribution in [1.29, 1.82) is 0 Å². The molecule has 0 unspecified atom stereocenters. The summed E-state index contributed by atoms with van der Waals surface area (Å²) in [6.45, 7) is 2.04. The number of piperidine rings is 2. The van der Waals surface area contributed by atoms with Crippen LogP contribution in [0, 0.1) is 5.92 Å². The highest BCUT2D eigenvalue weighted by Crippen LogP contribution is 2.23. The van der Waals surface area contributed by atoms with Gasteiger partial charge < -0.3 is 10.2 Å². The van der Waals surface area contributed by atoms with E-state index in [1.165, 1.54) is 11.9 Å². The number of rotatable bonds is 3. The summed E-state index contributed by atoms with van der Waals surface area (Å²) in [5.41, 5.74) is 0. The molecule has 0 aromatic carbocycles. The van der Waals surface area contributed by atoms with Gasteiger partial charge in [0.1, 0.15) is 0 Å². The molecule has 4 nitrogen and oxygen atoms in total. The fraction of sp³-hybridized carbons (Fsp3) is 0.929. The second-order valence-electron chi connectivity index (χ2n) is 6.11. The van der Waals surface area contributed by atoms with E-state index < -0.39 is 12.7 Å². The number of amides is 1. The Morgan fingerprint density at radius 1 is 1.19 bits per heavy atom. The Labute approximate surface area is 123 Å². The van der Waals surface area contributed by atoms with Crippen LogP contribution in [0.3, 0.4) is 0 Å². The molecule has 0 bridgehead atoms. The molecule has 2 heterocycles. The molecule has 0 aromatic heterocycles. The van der Waals surface area contributed by atoms with E-state index in [0.29, 0.717) is 25.9 Å². The average Bonchev–Trinajstić information content (AvgIpc) is 2.46. The molecule has 0 spiro atoms. The summed E-state index contributed by atoms with van der Waals surface area (Å²) in [4.78, 5) is 15.6. The van der Waals surface area contributed by atoms with Gasteiger partial charge in [-0.1, -0.05) is 0 Å². The van der Waals surface area contributed by atoms with Gasteiger partial charge in [-0.15, -0.1) is 0 Å². The van der Waals surface area contributed by atoms with Crippen LogP contribution in [-0.2, 0) is 4.79 Å². The Morgan fingerprint density at radius 2 is 1.76 bits per heavy atom. The SMILES string of the molecule is CN(CC(F)(F)F)C1CCN(C(=O)C2CCNCC2)CC1. The summed E-state index contributed by atoms with van der Waals surface area (Å²) in [7, 11) is 1.52. The molecular weight excluding hydrogens is 283 g/mol. The van der Waals surface area contributed by atoms with Gasteiger partial charge >= 0.3 is 6.18 Å². The maximum Gasteiger partial charge on any atom is 0.401 e. The Bertz CT molecular complexity index is 348. The second-order valence-corrected chi connectivity index (χ2v) is 6.11. The highest BCUT2D eigenvalue weighted by Gasteiger charge is 2.34. The minimum Gasteiger partial charge on any atom is -0.342 e. The van der Waals surface area contributed by atoms with Crippen molar-refractivity contribution < 1.29 is 18.0 Å². The summed E-state index contributed by atoms with van der Waals surface area (Å²) in [5, 5.41) is 3.23. The topological polar surface area (TPSA) is 35.6 Å². The van der Waals surface area contributed by atoms with Crippen LogP contribution in [0.4, 0.5) is 13.2 Å². The molecule has 2 aliphatic heterocycles. The third-order valence-electron chi connectivity index (χ3n) is 4.52. The molecule has 1 N–H and O–H groups in total. The molecule has 0 atom stereocenters. The van der Waals surface area contributed by atoms with Crippen molar-refractivity contribution >= 4 is 5.91 Å². The molecule has 122 valence electrons. The summed E-state index contributed by atoms with van der Waals surface area (Å²) < 4.78 is 37.2. The number of nitrogens with one attached hydrogen (secondary N) is 1. The van der Waals surface area contributed by atoms with Crippen molar-refractivity contribution in [2.24, 2.45) is 5.92 Å². The lowest BCUT2D eigenvalue weighted by Gasteiger charge is -2.38. The lowest BCUT2D eigenvalue weighted by atomic mass is 9.94. The maximum atomic E-state index is 12.4. The minimum atomic E-state index is -4.16. The smallest absolute Gasteiger partial charge is 0.342 e. The lowest BCUT2D eigenvalue weighted by molar-refractivity contribution is -0.151. The zero-order valence-corrected chi connectivity index (χ0v) is 12.5. The van der Waals surface area contributed by atoms with Crippen LogP contribution in [0.5, 0.6) is 0 Å². The van der Waals surface area contributed by atoms with Crippen molar-refractivity contribution in [1.82, 2.24) is 15.1 Å². The van der Waals surface area contributed by atoms with Gasteiger partial charge in [0.2, 0.25) is 5.91 Å². The molecular formula is C14H24F3N3O. The van der Waals surface area contributed by atoms with Gasteiger partial charge in [0.25, 0.3) is 0 Å². The minimum absolute atomic E-state index is 0.0799. The van der Waals surface area contributed by atoms with Crippen LogP contribution >= 0.6 is 0 Å². The molecule has 0 saturated carbocycles. The first-order valence-electron chi connectivity index (χ1n) is 7.63. The van der Waals surface area contributed by atoms with E-state index in [-0.39, 0.29) is 17.9 Å². The highest BCUT2D eigenvalue weighted by atomic mass is 19.4. The summed E-state index contributed by atoms with van der Waals surface area (Å²) in [6, 6.07) is -0.0799. The van der Waals surface area contributed by atoms with E-state index in [1.807, 2.05) is 4.90 Å². The van der Waals surface area contributed by atoms with E-state index in [1.54, 1.807) is 0 Å². The van der Waals surface area contributed by atoms with Gasteiger partial charge in [-0.25, -0.2) is 0 Å². The number of hydrogen-bond donors (Lipinski definition) is 1. The first-order chi connectivity index (χ1) is 9.87. The number of carbonyl (C=O) groups excluding carboxylic acids is 1. The first kappa shape index (κ1) is 16.5. The second kappa shape index (κ2) is 6.96. The Hall–Kier alpha value is -0.820. The predicted molar refractivity (Wildman–Crippen MR) is 73.9 cm³/mol. The van der Waals surface area contributed by atoms with Crippen molar-refractivity contribution in [2.75, 3.05) is 39.8 Å². The van der Waals surface area contributed by atoms with E-state index in [2.05, 4.69) is 5.32 Å². The summed E-state index contributed by atoms with van der Waals surface area (Å²) in [6.07, 6.45) is -1.16. The number of likely N-dealkylation sites (tertiary alicyclic amines) is 1. The van der Waals surface area contributed by atoms with Crippen LogP contribution in [-0.4, -0.2) is 67.7 Å². The molecule has 2 aliphatic rings. The van der Waals surface area contributed by atoms with E-state index >= 15 is 0 Å². The van der Waals surface area contributed by atoms with Gasteiger partial charge in [-0.2, -0.15) is 13.2 Å². The molecule has 21 heavy (non-hydrogen) atoms. The number of hydrogen-bond acceptors (Lipinski definition) is 3. The highest BCUT2D eigenvalue weighted by molar-refractivity contribution is 5.79. The summed E-state index contributed by atoms with van der Waals surface area (Å²) in [5.74, 6) is 0.282. The van der Waals surface area contributed by atoms with E-state index in [0.717, 1.165) is 25.9 Å². The molecule has 2 saturated heterocycles. The van der Waals surface area contributed by atoms with Crippen molar-refractivity contribution in [2.45, 2.75) is 37.9 Å². The molecule has 1 amide bonds. The predicted octanol–water partition coefficient (Wildman–Crippen LogP) is 1.47. The van der Waals surface area contributed by atoms with Gasteiger partial charge in [-0.3, -0.25) is 9.69 Å². The average molecular weight is 307 g/mol. The van der Waals surface area contributed by atoms with Crippen LogP contribution < -0.4 is 5.32 Å². The number of carbonyl (C=O) groups is 1. The van der Waals surface area contributed by atoms with Crippen LogP contribution in [0.2, 0.25) is 0 Å². The number of halogens is 3. The normalized spacial score (nSPS) is 22.8. The molecule has 0 aliphatic carbocycles. The monoisotopic (exact) mass is 307 g/mol. The van der Waals surface area contributed by atoms with E-state index in [4.69, 9.17) is 0 Å². The zero-order chi connectivity index (χ0) is 15.5. The molecule has 0 aromatic rings. The van der Waals surface area contributed by atoms with E-state index in [9.17, 15) is 18.0 Å². The van der Waals surface area contributed by atoms with Gasteiger partial charge in [0.05, 0.1) is 6.54 Å². The standard InChI is InChI=1S/C14H24F3N3O/c1-19(10-14(15,16)17)12-4-8-20(9-5-12)13(21)11-2-6-18-7-3-11/h11-12,18H,2-10H2,1H3. The first-order valence-corrected chi connectivity index (χ1v) is 7.63. The number of alkyl halides is 3. The van der Waals surface area contributed by atoms with Crippen molar-refractivity contribution in [3.63, 3.8) is 0 Å². The van der Waals surface area contributed by atoms with Crippen molar-refractivity contribution in [3.05, 3.63) is 0 Å². The fourth-order valence-electron chi connectivity index (χ4n) is 3.27. The molecule has 2 fully saturated rings. The van der Waals surface area contributed by atoms with Crippen LogP contribution in [0.1, 0.15) is 25.7 Å².